The normalized spacial score (nSPS) is 10.2. The van der Waals surface area contributed by atoms with Crippen molar-refractivity contribution in [3.63, 3.8) is 0 Å². The topological polar surface area (TPSA) is 63.7 Å². The van der Waals surface area contributed by atoms with Gasteiger partial charge in [-0.05, 0) is 12.1 Å². The summed E-state index contributed by atoms with van der Waals surface area (Å²) in [6.07, 6.45) is 10.5. The molecule has 0 spiro atoms. The predicted molar refractivity (Wildman–Crippen MR) is 66.6 cm³/mol. The highest BCUT2D eigenvalue weighted by Crippen LogP contribution is 2.28. The molecular weight excluding hydrogens is 228 g/mol. The lowest BCUT2D eigenvalue weighted by Gasteiger charge is -2.02. The molecule has 0 saturated carbocycles. The van der Waals surface area contributed by atoms with E-state index in [4.69, 9.17) is 11.2 Å². The predicted octanol–water partition coefficient (Wildman–Crippen LogP) is 1.99. The Hall–Kier alpha value is -2.87. The van der Waals surface area contributed by atoms with Crippen LogP contribution in [0.25, 0.3) is 22.4 Å². The molecule has 0 saturated heterocycles. The molecule has 0 aliphatic heterocycles. The average Bonchev–Trinajstić information content (AvgIpc) is 2.83. The van der Waals surface area contributed by atoms with E-state index in [0.29, 0.717) is 11.6 Å². The fourth-order valence-corrected chi connectivity index (χ4v) is 1.72. The summed E-state index contributed by atoms with van der Waals surface area (Å²) >= 11 is 0. The summed E-state index contributed by atoms with van der Waals surface area (Å²) in [6, 6.07) is 7.41. The summed E-state index contributed by atoms with van der Waals surface area (Å²) in [5, 5.41) is 7.58. The Morgan fingerprint density at radius 1 is 1.17 bits per heavy atom. The highest BCUT2D eigenvalue weighted by Gasteiger charge is 2.10. The van der Waals surface area contributed by atoms with Crippen molar-refractivity contribution in [1.82, 2.24) is 20.2 Å². The molecule has 0 aliphatic carbocycles. The van der Waals surface area contributed by atoms with Gasteiger partial charge in [-0.2, -0.15) is 10.2 Å². The van der Waals surface area contributed by atoms with Crippen LogP contribution in [0.3, 0.4) is 0 Å². The monoisotopic (exact) mass is 236 g/mol. The third-order valence-electron chi connectivity index (χ3n) is 2.51. The van der Waals surface area contributed by atoms with Crippen molar-refractivity contribution < 1.29 is 4.74 Å². The molecule has 0 bridgehead atoms. The quantitative estimate of drug-likeness (QED) is 0.691. The number of hydrogen-bond donors (Lipinski definition) is 1. The van der Waals surface area contributed by atoms with E-state index in [2.05, 4.69) is 26.3 Å². The van der Waals surface area contributed by atoms with Crippen molar-refractivity contribution in [3.8, 4) is 29.7 Å². The molecule has 3 rings (SSSR count). The van der Waals surface area contributed by atoms with Crippen LogP contribution in [0.1, 0.15) is 0 Å². The second kappa shape index (κ2) is 4.18. The van der Waals surface area contributed by atoms with E-state index in [1.54, 1.807) is 18.5 Å². The first kappa shape index (κ1) is 10.3. The number of terminal acetylenes is 1. The van der Waals surface area contributed by atoms with Crippen LogP contribution in [-0.2, 0) is 0 Å². The number of rotatable bonds is 2. The Morgan fingerprint density at radius 3 is 2.83 bits per heavy atom. The standard InChI is InChI=1S/C13H8N4O/c1-2-18-12-6-4-3-5-9(12)13-16-10-7-14-15-8-11(10)17-13/h1,3-8H,(H,16,17). The third kappa shape index (κ3) is 1.66. The molecular formula is C13H8N4O. The second-order valence-corrected chi connectivity index (χ2v) is 3.59. The molecule has 0 atom stereocenters. The molecule has 0 aliphatic rings. The largest absolute Gasteiger partial charge is 0.407 e. The van der Waals surface area contributed by atoms with Crippen molar-refractivity contribution in [2.45, 2.75) is 0 Å². The molecule has 0 amide bonds. The van der Waals surface area contributed by atoms with Gasteiger partial charge in [0.25, 0.3) is 0 Å². The highest BCUT2D eigenvalue weighted by atomic mass is 16.5. The van der Waals surface area contributed by atoms with E-state index in [0.717, 1.165) is 16.6 Å². The summed E-state index contributed by atoms with van der Waals surface area (Å²) in [7, 11) is 0. The number of para-hydroxylation sites is 1. The molecule has 2 aromatic heterocycles. The van der Waals surface area contributed by atoms with Gasteiger partial charge in [-0.3, -0.25) is 0 Å². The SMILES string of the molecule is C#COc1ccccc1-c1nc2cnncc2[nH]1. The van der Waals surface area contributed by atoms with Crippen LogP contribution in [0.5, 0.6) is 5.75 Å². The number of hydrogen-bond acceptors (Lipinski definition) is 4. The first-order valence-corrected chi connectivity index (χ1v) is 5.27. The molecule has 2 heterocycles. The molecule has 0 fully saturated rings. The molecule has 18 heavy (non-hydrogen) atoms. The Balaban J connectivity index is 2.17. The zero-order chi connectivity index (χ0) is 12.4. The number of imidazole rings is 1. The first-order valence-electron chi connectivity index (χ1n) is 5.27. The van der Waals surface area contributed by atoms with E-state index in [9.17, 15) is 0 Å². The summed E-state index contributed by atoms with van der Waals surface area (Å²) in [6.45, 7) is 0. The van der Waals surface area contributed by atoms with Gasteiger partial charge in [-0.25, -0.2) is 4.98 Å². The molecule has 1 aromatic carbocycles. The number of aromatic nitrogens is 4. The van der Waals surface area contributed by atoms with E-state index in [1.165, 1.54) is 0 Å². The van der Waals surface area contributed by atoms with E-state index < -0.39 is 0 Å². The van der Waals surface area contributed by atoms with Crippen molar-refractivity contribution in [1.29, 1.82) is 0 Å². The minimum atomic E-state index is 0.583. The smallest absolute Gasteiger partial charge is 0.151 e. The number of aromatic amines is 1. The van der Waals surface area contributed by atoms with Crippen LogP contribution in [0.15, 0.2) is 36.7 Å². The van der Waals surface area contributed by atoms with Gasteiger partial charge in [-0.15, -0.1) is 0 Å². The van der Waals surface area contributed by atoms with Crippen LogP contribution in [0.2, 0.25) is 0 Å². The Labute approximate surface area is 103 Å². The van der Waals surface area contributed by atoms with Crippen molar-refractivity contribution in [2.75, 3.05) is 0 Å². The van der Waals surface area contributed by atoms with Crippen LogP contribution in [0, 0.1) is 12.5 Å². The Kier molecular flexibility index (Phi) is 2.39. The van der Waals surface area contributed by atoms with Gasteiger partial charge >= 0.3 is 0 Å². The van der Waals surface area contributed by atoms with Crippen molar-refractivity contribution in [2.24, 2.45) is 0 Å². The van der Waals surface area contributed by atoms with Crippen LogP contribution in [-0.4, -0.2) is 20.2 Å². The molecule has 5 heteroatoms. The number of nitrogens with zero attached hydrogens (tertiary/aromatic N) is 3. The van der Waals surface area contributed by atoms with Gasteiger partial charge in [0.05, 0.1) is 23.5 Å². The summed E-state index contributed by atoms with van der Waals surface area (Å²) in [4.78, 5) is 7.57. The maximum absolute atomic E-state index is 5.16. The number of fused-ring (bicyclic) bond motifs is 1. The number of ether oxygens (including phenoxy) is 1. The zero-order valence-corrected chi connectivity index (χ0v) is 9.29. The Morgan fingerprint density at radius 2 is 2.00 bits per heavy atom. The van der Waals surface area contributed by atoms with Gasteiger partial charge in [0.2, 0.25) is 0 Å². The summed E-state index contributed by atoms with van der Waals surface area (Å²) in [5.74, 6) is 1.26. The molecule has 5 nitrogen and oxygen atoms in total. The van der Waals surface area contributed by atoms with Crippen LogP contribution < -0.4 is 4.74 Å². The lowest BCUT2D eigenvalue weighted by atomic mass is 10.2. The second-order valence-electron chi connectivity index (χ2n) is 3.59. The number of nitrogens with one attached hydrogen (secondary N) is 1. The fourth-order valence-electron chi connectivity index (χ4n) is 1.72. The van der Waals surface area contributed by atoms with Gasteiger partial charge < -0.3 is 9.72 Å². The Bertz CT molecular complexity index is 709. The van der Waals surface area contributed by atoms with Crippen LogP contribution in [0.4, 0.5) is 0 Å². The lowest BCUT2D eigenvalue weighted by molar-refractivity contribution is 0.522. The third-order valence-corrected chi connectivity index (χ3v) is 2.51. The van der Waals surface area contributed by atoms with Crippen molar-refractivity contribution in [3.05, 3.63) is 36.7 Å². The zero-order valence-electron chi connectivity index (χ0n) is 9.29. The number of benzene rings is 1. The maximum Gasteiger partial charge on any atom is 0.151 e. The van der Waals surface area contributed by atoms with Crippen molar-refractivity contribution >= 4 is 11.0 Å². The highest BCUT2D eigenvalue weighted by molar-refractivity contribution is 5.79. The molecule has 3 aromatic rings. The molecule has 0 radical (unpaired) electrons. The summed E-state index contributed by atoms with van der Waals surface area (Å²) in [5.41, 5.74) is 2.36. The maximum atomic E-state index is 5.16. The van der Waals surface area contributed by atoms with Gasteiger partial charge in [-0.1, -0.05) is 18.6 Å². The lowest BCUT2D eigenvalue weighted by Crippen LogP contribution is -1.88. The average molecular weight is 236 g/mol. The molecule has 0 unspecified atom stereocenters. The van der Waals surface area contributed by atoms with E-state index >= 15 is 0 Å². The molecule has 86 valence electrons. The minimum Gasteiger partial charge on any atom is -0.407 e. The first-order chi connectivity index (χ1) is 8.88. The molecule has 1 N–H and O–H groups in total. The minimum absolute atomic E-state index is 0.583. The van der Waals surface area contributed by atoms with Gasteiger partial charge in [0, 0.05) is 0 Å². The van der Waals surface area contributed by atoms with E-state index in [-0.39, 0.29) is 0 Å². The van der Waals surface area contributed by atoms with Gasteiger partial charge in [0.15, 0.2) is 5.75 Å². The number of H-pyrrole nitrogens is 1. The van der Waals surface area contributed by atoms with E-state index in [1.807, 2.05) is 18.2 Å². The summed E-state index contributed by atoms with van der Waals surface area (Å²) < 4.78 is 5.12. The fraction of sp³-hybridized carbons (Fsp3) is 0. The van der Waals surface area contributed by atoms with Crippen LogP contribution >= 0.6 is 0 Å². The van der Waals surface area contributed by atoms with Gasteiger partial charge in [0.1, 0.15) is 17.4 Å².